The van der Waals surface area contributed by atoms with Crippen molar-refractivity contribution < 1.29 is 4.79 Å². The molecule has 0 unspecified atom stereocenters. The second-order valence-electron chi connectivity index (χ2n) is 4.53. The highest BCUT2D eigenvalue weighted by Crippen LogP contribution is 2.19. The summed E-state index contributed by atoms with van der Waals surface area (Å²) in [7, 11) is 1.81. The Morgan fingerprint density at radius 2 is 2.17 bits per heavy atom. The summed E-state index contributed by atoms with van der Waals surface area (Å²) in [5.41, 5.74) is 6.25. The van der Waals surface area contributed by atoms with Crippen molar-refractivity contribution in [2.24, 2.45) is 0 Å². The fraction of sp³-hybridized carbons (Fsp3) is 0.500. The van der Waals surface area contributed by atoms with Gasteiger partial charge in [-0.15, -0.1) is 0 Å². The fourth-order valence-corrected chi connectivity index (χ4v) is 2.26. The summed E-state index contributed by atoms with van der Waals surface area (Å²) >= 11 is 5.84. The van der Waals surface area contributed by atoms with Gasteiger partial charge in [0, 0.05) is 31.9 Å². The van der Waals surface area contributed by atoms with Gasteiger partial charge in [-0.25, -0.2) is 4.98 Å². The van der Waals surface area contributed by atoms with Gasteiger partial charge in [0.2, 0.25) is 5.91 Å². The van der Waals surface area contributed by atoms with Gasteiger partial charge in [0.05, 0.1) is 6.54 Å². The van der Waals surface area contributed by atoms with Gasteiger partial charge < -0.3 is 15.5 Å². The number of amides is 1. The minimum atomic E-state index is 0.121. The van der Waals surface area contributed by atoms with Gasteiger partial charge in [0.15, 0.2) is 0 Å². The first-order chi connectivity index (χ1) is 8.56. The summed E-state index contributed by atoms with van der Waals surface area (Å²) in [4.78, 5) is 19.8. The standard InChI is InChI=1S/C12H17ClN4O/c1-16(8-12(18)17-4-2-3-5-17)11-7-9(14)6-10(13)15-11/h6-7H,2-5,8H2,1H3,(H2,14,15). The van der Waals surface area contributed by atoms with Gasteiger partial charge in [-0.2, -0.15) is 0 Å². The highest BCUT2D eigenvalue weighted by Gasteiger charge is 2.19. The van der Waals surface area contributed by atoms with Gasteiger partial charge in [0.25, 0.3) is 0 Å². The average Bonchev–Trinajstić information content (AvgIpc) is 2.80. The number of carbonyl (C=O) groups is 1. The molecular weight excluding hydrogens is 252 g/mol. The Labute approximate surface area is 112 Å². The van der Waals surface area contributed by atoms with Crippen LogP contribution in [-0.4, -0.2) is 42.5 Å². The van der Waals surface area contributed by atoms with E-state index in [1.165, 1.54) is 0 Å². The van der Waals surface area contributed by atoms with Crippen LogP contribution in [0.25, 0.3) is 0 Å². The molecule has 0 aliphatic carbocycles. The van der Waals surface area contributed by atoms with Crippen molar-refractivity contribution in [1.82, 2.24) is 9.88 Å². The molecule has 0 bridgehead atoms. The average molecular weight is 269 g/mol. The molecule has 1 fully saturated rings. The molecule has 1 aliphatic rings. The number of halogens is 1. The minimum Gasteiger partial charge on any atom is -0.399 e. The Morgan fingerprint density at radius 1 is 1.50 bits per heavy atom. The second-order valence-corrected chi connectivity index (χ2v) is 4.91. The molecule has 1 aromatic rings. The second kappa shape index (κ2) is 5.44. The van der Waals surface area contributed by atoms with Crippen molar-refractivity contribution >= 4 is 29.0 Å². The van der Waals surface area contributed by atoms with E-state index in [-0.39, 0.29) is 5.91 Å². The summed E-state index contributed by atoms with van der Waals surface area (Å²) in [6.07, 6.45) is 2.19. The first-order valence-electron chi connectivity index (χ1n) is 5.98. The summed E-state index contributed by atoms with van der Waals surface area (Å²) in [6.45, 7) is 2.02. The topological polar surface area (TPSA) is 62.5 Å². The number of anilines is 2. The van der Waals surface area contributed by atoms with E-state index >= 15 is 0 Å². The number of nitrogens with two attached hydrogens (primary N) is 1. The Balaban J connectivity index is 2.02. The number of likely N-dealkylation sites (tertiary alicyclic amines) is 1. The molecule has 1 aromatic heterocycles. The van der Waals surface area contributed by atoms with E-state index in [9.17, 15) is 4.79 Å². The molecule has 0 saturated carbocycles. The molecule has 0 spiro atoms. The van der Waals surface area contributed by atoms with E-state index in [0.717, 1.165) is 25.9 Å². The largest absolute Gasteiger partial charge is 0.399 e. The molecule has 18 heavy (non-hydrogen) atoms. The predicted molar refractivity (Wildman–Crippen MR) is 72.7 cm³/mol. The number of carbonyl (C=O) groups excluding carboxylic acids is 1. The Hall–Kier alpha value is -1.49. The lowest BCUT2D eigenvalue weighted by atomic mass is 10.3. The fourth-order valence-electron chi connectivity index (χ4n) is 2.05. The number of hydrogen-bond donors (Lipinski definition) is 1. The molecular formula is C12H17ClN4O. The van der Waals surface area contributed by atoms with Crippen LogP contribution in [0.4, 0.5) is 11.5 Å². The molecule has 2 N–H and O–H groups in total. The maximum absolute atomic E-state index is 12.0. The van der Waals surface area contributed by atoms with Crippen molar-refractivity contribution in [2.45, 2.75) is 12.8 Å². The van der Waals surface area contributed by atoms with E-state index < -0.39 is 0 Å². The van der Waals surface area contributed by atoms with Gasteiger partial charge in [-0.1, -0.05) is 11.6 Å². The molecule has 98 valence electrons. The van der Waals surface area contributed by atoms with E-state index in [0.29, 0.717) is 23.2 Å². The SMILES string of the molecule is CN(CC(=O)N1CCCC1)c1cc(N)cc(Cl)n1. The zero-order valence-electron chi connectivity index (χ0n) is 10.4. The minimum absolute atomic E-state index is 0.121. The number of hydrogen-bond acceptors (Lipinski definition) is 4. The number of aromatic nitrogens is 1. The molecule has 1 aliphatic heterocycles. The van der Waals surface area contributed by atoms with E-state index in [4.69, 9.17) is 17.3 Å². The van der Waals surface area contributed by atoms with Crippen LogP contribution in [0.2, 0.25) is 5.15 Å². The van der Waals surface area contributed by atoms with Crippen LogP contribution in [0.5, 0.6) is 0 Å². The highest BCUT2D eigenvalue weighted by molar-refractivity contribution is 6.29. The maximum Gasteiger partial charge on any atom is 0.242 e. The predicted octanol–water partition coefficient (Wildman–Crippen LogP) is 1.38. The highest BCUT2D eigenvalue weighted by atomic mass is 35.5. The number of nitrogens with zero attached hydrogens (tertiary/aromatic N) is 3. The van der Waals surface area contributed by atoms with Gasteiger partial charge >= 0.3 is 0 Å². The normalized spacial score (nSPS) is 14.9. The quantitative estimate of drug-likeness (QED) is 0.842. The van der Waals surface area contributed by atoms with Crippen LogP contribution in [0.3, 0.4) is 0 Å². The van der Waals surface area contributed by atoms with Crippen LogP contribution >= 0.6 is 11.6 Å². The molecule has 2 heterocycles. The van der Waals surface area contributed by atoms with Gasteiger partial charge in [0.1, 0.15) is 11.0 Å². The van der Waals surface area contributed by atoms with Crippen molar-refractivity contribution in [3.8, 4) is 0 Å². The summed E-state index contributed by atoms with van der Waals surface area (Å²) < 4.78 is 0. The summed E-state index contributed by atoms with van der Waals surface area (Å²) in [6, 6.07) is 3.30. The first kappa shape index (κ1) is 13.0. The molecule has 0 atom stereocenters. The lowest BCUT2D eigenvalue weighted by Crippen LogP contribution is -2.37. The third-order valence-electron chi connectivity index (χ3n) is 3.03. The Bertz CT molecular complexity index is 425. The smallest absolute Gasteiger partial charge is 0.242 e. The lowest BCUT2D eigenvalue weighted by molar-refractivity contribution is -0.128. The monoisotopic (exact) mass is 268 g/mol. The molecule has 0 radical (unpaired) electrons. The van der Waals surface area contributed by atoms with Crippen LogP contribution in [0.15, 0.2) is 12.1 Å². The van der Waals surface area contributed by atoms with Crippen LogP contribution < -0.4 is 10.6 Å². The first-order valence-corrected chi connectivity index (χ1v) is 6.36. The summed E-state index contributed by atoms with van der Waals surface area (Å²) in [5.74, 6) is 0.739. The third-order valence-corrected chi connectivity index (χ3v) is 3.22. The van der Waals surface area contributed by atoms with Crippen molar-refractivity contribution in [1.29, 1.82) is 0 Å². The van der Waals surface area contributed by atoms with E-state index in [2.05, 4.69) is 4.98 Å². The van der Waals surface area contributed by atoms with Crippen LogP contribution in [0.1, 0.15) is 12.8 Å². The zero-order chi connectivity index (χ0) is 13.1. The van der Waals surface area contributed by atoms with Crippen molar-refractivity contribution in [3.05, 3.63) is 17.3 Å². The Kier molecular flexibility index (Phi) is 3.91. The molecule has 6 heteroatoms. The van der Waals surface area contributed by atoms with Crippen molar-refractivity contribution in [3.63, 3.8) is 0 Å². The number of rotatable bonds is 3. The van der Waals surface area contributed by atoms with Crippen LogP contribution in [-0.2, 0) is 4.79 Å². The zero-order valence-corrected chi connectivity index (χ0v) is 11.2. The van der Waals surface area contributed by atoms with Crippen LogP contribution in [0, 0.1) is 0 Å². The maximum atomic E-state index is 12.0. The van der Waals surface area contributed by atoms with Gasteiger partial charge in [-0.3, -0.25) is 4.79 Å². The van der Waals surface area contributed by atoms with E-state index in [1.54, 1.807) is 17.0 Å². The molecule has 2 rings (SSSR count). The molecule has 5 nitrogen and oxygen atoms in total. The number of pyridine rings is 1. The number of nitrogen functional groups attached to an aromatic ring is 1. The number of likely N-dealkylation sites (N-methyl/N-ethyl adjacent to an activating group) is 1. The van der Waals surface area contributed by atoms with E-state index in [1.807, 2.05) is 11.9 Å². The van der Waals surface area contributed by atoms with Crippen molar-refractivity contribution in [2.75, 3.05) is 37.3 Å². The molecule has 1 amide bonds. The molecule has 0 aromatic carbocycles. The summed E-state index contributed by atoms with van der Waals surface area (Å²) in [5, 5.41) is 0.338. The third kappa shape index (κ3) is 3.04. The Morgan fingerprint density at radius 3 is 2.78 bits per heavy atom. The molecule has 1 saturated heterocycles. The lowest BCUT2D eigenvalue weighted by Gasteiger charge is -2.22. The van der Waals surface area contributed by atoms with Gasteiger partial charge in [-0.05, 0) is 18.9 Å².